The van der Waals surface area contributed by atoms with Gasteiger partial charge in [0.1, 0.15) is 5.75 Å². The second kappa shape index (κ2) is 8.79. The number of piperidine rings is 1. The zero-order chi connectivity index (χ0) is 21.2. The molecule has 1 saturated heterocycles. The number of likely N-dealkylation sites (tertiary alicyclic amines) is 1. The quantitative estimate of drug-likeness (QED) is 0.710. The summed E-state index contributed by atoms with van der Waals surface area (Å²) in [5.41, 5.74) is -0.0691. The molecule has 0 radical (unpaired) electrons. The number of methoxy groups -OCH3 is 1. The Bertz CT molecular complexity index is 694. The monoisotopic (exact) mass is 417 g/mol. The predicted octanol–water partition coefficient (Wildman–Crippen LogP) is 3.53. The van der Waals surface area contributed by atoms with Crippen molar-refractivity contribution in [3.63, 3.8) is 0 Å². The van der Waals surface area contributed by atoms with E-state index in [1.807, 2.05) is 0 Å². The zero-order valence-corrected chi connectivity index (χ0v) is 16.1. The van der Waals surface area contributed by atoms with Crippen molar-refractivity contribution in [3.05, 3.63) is 29.8 Å². The van der Waals surface area contributed by atoms with Gasteiger partial charge in [-0.05, 0) is 42.4 Å². The maximum absolute atomic E-state index is 14.8. The highest BCUT2D eigenvalue weighted by Gasteiger charge is 2.60. The summed E-state index contributed by atoms with van der Waals surface area (Å²) in [6.07, 6.45) is -6.42. The Labute approximate surface area is 167 Å². The van der Waals surface area contributed by atoms with E-state index < -0.39 is 42.2 Å². The maximum atomic E-state index is 14.8. The van der Waals surface area contributed by atoms with Crippen LogP contribution in [0, 0.1) is 17.3 Å². The summed E-state index contributed by atoms with van der Waals surface area (Å²) in [6, 6.07) is 6.64. The van der Waals surface area contributed by atoms with E-state index in [1.54, 1.807) is 24.3 Å². The molecule has 1 amide bonds. The van der Waals surface area contributed by atoms with E-state index in [1.165, 1.54) is 12.0 Å². The highest BCUT2D eigenvalue weighted by molar-refractivity contribution is 5.65. The first-order valence-corrected chi connectivity index (χ1v) is 9.60. The smallest absolute Gasteiger partial charge is 0.407 e. The second-order valence-corrected chi connectivity index (χ2v) is 7.85. The minimum absolute atomic E-state index is 0.184. The molecule has 29 heavy (non-hydrogen) atoms. The molecule has 2 fully saturated rings. The second-order valence-electron chi connectivity index (χ2n) is 7.85. The summed E-state index contributed by atoms with van der Waals surface area (Å²) < 4.78 is 52.6. The number of halogens is 3. The molecule has 6 nitrogen and oxygen atoms in total. The molecule has 2 aliphatic rings. The lowest BCUT2D eigenvalue weighted by molar-refractivity contribution is -0.231. The van der Waals surface area contributed by atoms with Crippen LogP contribution in [-0.4, -0.2) is 60.3 Å². The van der Waals surface area contributed by atoms with E-state index in [2.05, 4.69) is 0 Å². The number of rotatable bonds is 7. The van der Waals surface area contributed by atoms with Crippen molar-refractivity contribution < 1.29 is 37.7 Å². The molecule has 2 N–H and O–H groups in total. The van der Waals surface area contributed by atoms with E-state index >= 15 is 0 Å². The Morgan fingerprint density at radius 3 is 2.34 bits per heavy atom. The van der Waals surface area contributed by atoms with Gasteiger partial charge in [-0.1, -0.05) is 12.1 Å². The average molecular weight is 417 g/mol. The van der Waals surface area contributed by atoms with Crippen molar-refractivity contribution in [2.24, 2.45) is 17.3 Å². The normalized spacial score (nSPS) is 25.5. The molecule has 0 bridgehead atoms. The van der Waals surface area contributed by atoms with Crippen LogP contribution >= 0.6 is 0 Å². The number of nitrogens with zero attached hydrogens (tertiary/aromatic N) is 1. The molecule has 1 aliphatic carbocycles. The van der Waals surface area contributed by atoms with E-state index in [9.17, 15) is 23.1 Å². The summed E-state index contributed by atoms with van der Waals surface area (Å²) in [7, 11) is 1.51. The highest BCUT2D eigenvalue weighted by Crippen LogP contribution is 2.58. The van der Waals surface area contributed by atoms with Crippen LogP contribution < -0.4 is 4.74 Å². The van der Waals surface area contributed by atoms with E-state index in [0.29, 0.717) is 24.2 Å². The van der Waals surface area contributed by atoms with Gasteiger partial charge in [-0.25, -0.2) is 18.0 Å². The number of ether oxygens (including phenoxy) is 2. The molecule has 1 saturated carbocycles. The van der Waals surface area contributed by atoms with Crippen LogP contribution in [0.2, 0.25) is 0 Å². The fourth-order valence-corrected chi connectivity index (χ4v) is 4.72. The summed E-state index contributed by atoms with van der Waals surface area (Å²) in [5, 5.41) is 19.3. The third kappa shape index (κ3) is 4.45. The number of hydrogen-bond acceptors (Lipinski definition) is 4. The predicted molar refractivity (Wildman–Crippen MR) is 97.6 cm³/mol. The van der Waals surface area contributed by atoms with Crippen LogP contribution in [0.5, 0.6) is 5.75 Å². The van der Waals surface area contributed by atoms with Gasteiger partial charge in [0.05, 0.1) is 25.7 Å². The lowest BCUT2D eigenvalue weighted by Gasteiger charge is -2.59. The molecule has 1 spiro atoms. The number of amides is 1. The van der Waals surface area contributed by atoms with E-state index in [4.69, 9.17) is 14.6 Å². The zero-order valence-electron chi connectivity index (χ0n) is 16.1. The number of hydrogen-bond donors (Lipinski definition) is 2. The van der Waals surface area contributed by atoms with Gasteiger partial charge in [-0.3, -0.25) is 0 Å². The Hall–Kier alpha value is -2.00. The first-order valence-electron chi connectivity index (χ1n) is 9.60. The van der Waals surface area contributed by atoms with Crippen LogP contribution in [-0.2, 0) is 11.3 Å². The van der Waals surface area contributed by atoms with Crippen LogP contribution in [0.15, 0.2) is 24.3 Å². The Kier molecular flexibility index (Phi) is 6.58. The van der Waals surface area contributed by atoms with Crippen LogP contribution in [0.4, 0.5) is 18.0 Å². The summed E-state index contributed by atoms with van der Waals surface area (Å²) >= 11 is 0. The van der Waals surface area contributed by atoms with Gasteiger partial charge in [0.15, 0.2) is 0 Å². The lowest BCUT2D eigenvalue weighted by atomic mass is 9.50. The van der Waals surface area contributed by atoms with Gasteiger partial charge in [-0.2, -0.15) is 0 Å². The molecule has 162 valence electrons. The fraction of sp³-hybridized carbons (Fsp3) is 0.650. The minimum atomic E-state index is -3.00. The topological polar surface area (TPSA) is 79.2 Å². The van der Waals surface area contributed by atoms with Crippen molar-refractivity contribution >= 4 is 6.09 Å². The van der Waals surface area contributed by atoms with Crippen molar-refractivity contribution in [2.45, 2.75) is 44.8 Å². The van der Waals surface area contributed by atoms with Gasteiger partial charge < -0.3 is 24.6 Å². The van der Waals surface area contributed by atoms with E-state index in [0.717, 1.165) is 0 Å². The Morgan fingerprint density at radius 1 is 1.24 bits per heavy atom. The SMILES string of the molecule is COc1ccc(COC(F)C(C(F)F)C2C(O)CC23CCN(C(=O)O)CC3)cc1. The van der Waals surface area contributed by atoms with Gasteiger partial charge >= 0.3 is 6.09 Å². The molecule has 4 unspecified atom stereocenters. The average Bonchev–Trinajstić information content (AvgIpc) is 2.70. The molecule has 1 heterocycles. The van der Waals surface area contributed by atoms with Gasteiger partial charge in [0.25, 0.3) is 0 Å². The number of alkyl halides is 3. The van der Waals surface area contributed by atoms with Crippen LogP contribution in [0.25, 0.3) is 0 Å². The molecular formula is C20H26F3NO5. The number of carbonyl (C=O) groups is 1. The molecule has 1 aromatic carbocycles. The van der Waals surface area contributed by atoms with Crippen LogP contribution in [0.1, 0.15) is 24.8 Å². The first-order chi connectivity index (χ1) is 13.8. The molecular weight excluding hydrogens is 391 g/mol. The molecule has 9 heteroatoms. The highest BCUT2D eigenvalue weighted by atomic mass is 19.3. The van der Waals surface area contributed by atoms with Crippen molar-refractivity contribution in [1.82, 2.24) is 4.90 Å². The number of aliphatic hydroxyl groups excluding tert-OH is 1. The third-order valence-electron chi connectivity index (χ3n) is 6.34. The van der Waals surface area contributed by atoms with E-state index in [-0.39, 0.29) is 26.1 Å². The summed E-state index contributed by atoms with van der Waals surface area (Å²) in [5.74, 6) is -2.12. The first kappa shape index (κ1) is 21.7. The standard InChI is InChI=1S/C20H26F3NO5/c1-28-13-4-2-12(3-5-13)11-29-18(23)15(17(21)22)16-14(25)10-20(16)6-8-24(9-7-20)19(26)27/h2-5,14-18,25H,6-11H2,1H3,(H,26,27). The van der Waals surface area contributed by atoms with Crippen LogP contribution in [0.3, 0.4) is 0 Å². The minimum Gasteiger partial charge on any atom is -0.497 e. The fourth-order valence-electron chi connectivity index (χ4n) is 4.72. The molecule has 0 aromatic heterocycles. The summed E-state index contributed by atoms with van der Waals surface area (Å²) in [6.45, 7) is 0.202. The lowest BCUT2D eigenvalue weighted by Crippen LogP contribution is -2.62. The van der Waals surface area contributed by atoms with Gasteiger partial charge in [-0.15, -0.1) is 0 Å². The number of carboxylic acid groups (broad SMARTS) is 1. The number of aliphatic hydroxyl groups is 1. The van der Waals surface area contributed by atoms with Gasteiger partial charge in [0.2, 0.25) is 12.8 Å². The van der Waals surface area contributed by atoms with Crippen molar-refractivity contribution in [1.29, 1.82) is 0 Å². The Balaban J connectivity index is 1.66. The Morgan fingerprint density at radius 2 is 1.86 bits per heavy atom. The molecule has 3 rings (SSSR count). The number of benzene rings is 1. The molecule has 1 aliphatic heterocycles. The third-order valence-corrected chi connectivity index (χ3v) is 6.34. The summed E-state index contributed by atoms with van der Waals surface area (Å²) in [4.78, 5) is 12.3. The largest absolute Gasteiger partial charge is 0.497 e. The van der Waals surface area contributed by atoms with Crippen molar-refractivity contribution in [3.8, 4) is 5.75 Å². The molecule has 1 aromatic rings. The molecule has 4 atom stereocenters. The van der Waals surface area contributed by atoms with Crippen molar-refractivity contribution in [2.75, 3.05) is 20.2 Å². The van der Waals surface area contributed by atoms with Gasteiger partial charge in [0, 0.05) is 19.0 Å². The maximum Gasteiger partial charge on any atom is 0.407 e.